The highest BCUT2D eigenvalue weighted by molar-refractivity contribution is 7.11. The van der Waals surface area contributed by atoms with Gasteiger partial charge in [0, 0.05) is 16.5 Å². The molecule has 1 unspecified atom stereocenters. The van der Waals surface area contributed by atoms with Crippen molar-refractivity contribution in [2.24, 2.45) is 0 Å². The zero-order valence-corrected chi connectivity index (χ0v) is 13.2. The maximum Gasteiger partial charge on any atom is 0.176 e. The number of fused-ring (bicyclic) bond motifs is 1. The Morgan fingerprint density at radius 3 is 3.00 bits per heavy atom. The number of ether oxygens (including phenoxy) is 1. The SMILES string of the molecule is COc1cccc2cc(CNC(C)c3ncc(C)s3)oc12. The van der Waals surface area contributed by atoms with E-state index in [-0.39, 0.29) is 6.04 Å². The molecule has 21 heavy (non-hydrogen) atoms. The molecule has 3 aromatic rings. The van der Waals surface area contributed by atoms with Gasteiger partial charge in [-0.1, -0.05) is 12.1 Å². The van der Waals surface area contributed by atoms with Crippen molar-refractivity contribution in [3.8, 4) is 5.75 Å². The van der Waals surface area contributed by atoms with Crippen LogP contribution in [-0.2, 0) is 6.54 Å². The first-order valence-corrected chi connectivity index (χ1v) is 7.70. The highest BCUT2D eigenvalue weighted by atomic mass is 32.1. The molecule has 0 bridgehead atoms. The Balaban J connectivity index is 1.73. The number of hydrogen-bond donors (Lipinski definition) is 1. The number of furan rings is 1. The van der Waals surface area contributed by atoms with Crippen LogP contribution in [-0.4, -0.2) is 12.1 Å². The topological polar surface area (TPSA) is 47.3 Å². The number of rotatable bonds is 5. The van der Waals surface area contributed by atoms with Crippen molar-refractivity contribution < 1.29 is 9.15 Å². The molecule has 0 radical (unpaired) electrons. The second kappa shape index (κ2) is 5.87. The monoisotopic (exact) mass is 302 g/mol. The summed E-state index contributed by atoms with van der Waals surface area (Å²) in [5.74, 6) is 1.66. The Kier molecular flexibility index (Phi) is 3.94. The van der Waals surface area contributed by atoms with E-state index < -0.39 is 0 Å². The number of nitrogens with one attached hydrogen (secondary N) is 1. The van der Waals surface area contributed by atoms with Gasteiger partial charge in [0.2, 0.25) is 0 Å². The molecule has 0 aliphatic carbocycles. The summed E-state index contributed by atoms with van der Waals surface area (Å²) in [5.41, 5.74) is 0.801. The largest absolute Gasteiger partial charge is 0.493 e. The number of para-hydroxylation sites is 1. The van der Waals surface area contributed by atoms with E-state index in [4.69, 9.17) is 9.15 Å². The molecule has 1 atom stereocenters. The summed E-state index contributed by atoms with van der Waals surface area (Å²) >= 11 is 1.72. The number of aryl methyl sites for hydroxylation is 1. The molecule has 0 aliphatic heterocycles. The summed E-state index contributed by atoms with van der Waals surface area (Å²) in [5, 5.41) is 5.60. The number of methoxy groups -OCH3 is 1. The first-order chi connectivity index (χ1) is 10.2. The minimum Gasteiger partial charge on any atom is -0.493 e. The normalized spacial score (nSPS) is 12.7. The van der Waals surface area contributed by atoms with E-state index in [2.05, 4.69) is 24.1 Å². The van der Waals surface area contributed by atoms with Crippen molar-refractivity contribution in [3.63, 3.8) is 0 Å². The second-order valence-corrected chi connectivity index (χ2v) is 6.27. The van der Waals surface area contributed by atoms with Gasteiger partial charge in [-0.15, -0.1) is 11.3 Å². The summed E-state index contributed by atoms with van der Waals surface area (Å²) in [6, 6.07) is 8.15. The average molecular weight is 302 g/mol. The molecule has 0 fully saturated rings. The van der Waals surface area contributed by atoms with Crippen LogP contribution in [0.1, 0.15) is 28.6 Å². The molecule has 2 heterocycles. The zero-order chi connectivity index (χ0) is 14.8. The van der Waals surface area contributed by atoms with Crippen LogP contribution in [0.25, 0.3) is 11.0 Å². The van der Waals surface area contributed by atoms with Crippen LogP contribution in [0.15, 0.2) is 34.9 Å². The zero-order valence-electron chi connectivity index (χ0n) is 12.3. The number of nitrogens with zero attached hydrogens (tertiary/aromatic N) is 1. The lowest BCUT2D eigenvalue weighted by Gasteiger charge is -2.09. The van der Waals surface area contributed by atoms with E-state index in [1.165, 1.54) is 4.88 Å². The van der Waals surface area contributed by atoms with Gasteiger partial charge < -0.3 is 14.5 Å². The Hall–Kier alpha value is -1.85. The van der Waals surface area contributed by atoms with Gasteiger partial charge in [-0.2, -0.15) is 0 Å². The van der Waals surface area contributed by atoms with Gasteiger partial charge in [-0.25, -0.2) is 4.98 Å². The highest BCUT2D eigenvalue weighted by Crippen LogP contribution is 2.28. The molecule has 1 aromatic carbocycles. The van der Waals surface area contributed by atoms with Crippen molar-refractivity contribution >= 4 is 22.3 Å². The summed E-state index contributed by atoms with van der Waals surface area (Å²) in [6.07, 6.45) is 1.91. The molecule has 3 rings (SSSR count). The minimum absolute atomic E-state index is 0.207. The molecule has 0 spiro atoms. The van der Waals surface area contributed by atoms with Crippen LogP contribution in [0, 0.1) is 6.92 Å². The van der Waals surface area contributed by atoms with Crippen molar-refractivity contribution in [1.29, 1.82) is 0 Å². The number of hydrogen-bond acceptors (Lipinski definition) is 5. The predicted octanol–water partition coefficient (Wildman–Crippen LogP) is 4.06. The van der Waals surface area contributed by atoms with Crippen LogP contribution >= 0.6 is 11.3 Å². The van der Waals surface area contributed by atoms with Gasteiger partial charge in [0.1, 0.15) is 10.8 Å². The Morgan fingerprint density at radius 1 is 1.43 bits per heavy atom. The minimum atomic E-state index is 0.207. The summed E-state index contributed by atoms with van der Waals surface area (Å²) in [6.45, 7) is 4.85. The third-order valence-corrected chi connectivity index (χ3v) is 4.47. The van der Waals surface area contributed by atoms with Crippen molar-refractivity contribution in [2.45, 2.75) is 26.4 Å². The molecule has 110 valence electrons. The van der Waals surface area contributed by atoms with Crippen LogP contribution in [0.3, 0.4) is 0 Å². The van der Waals surface area contributed by atoms with Crippen molar-refractivity contribution in [1.82, 2.24) is 10.3 Å². The van der Waals surface area contributed by atoms with Crippen LogP contribution < -0.4 is 10.1 Å². The van der Waals surface area contributed by atoms with E-state index in [9.17, 15) is 0 Å². The van der Waals surface area contributed by atoms with E-state index in [1.54, 1.807) is 18.4 Å². The first-order valence-electron chi connectivity index (χ1n) is 6.88. The summed E-state index contributed by atoms with van der Waals surface area (Å²) < 4.78 is 11.2. The lowest BCUT2D eigenvalue weighted by Crippen LogP contribution is -2.17. The lowest BCUT2D eigenvalue weighted by atomic mass is 10.2. The van der Waals surface area contributed by atoms with E-state index in [0.717, 1.165) is 27.5 Å². The molecule has 1 N–H and O–H groups in total. The quantitative estimate of drug-likeness (QED) is 0.772. The van der Waals surface area contributed by atoms with Gasteiger partial charge in [0.25, 0.3) is 0 Å². The van der Waals surface area contributed by atoms with Crippen molar-refractivity contribution in [3.05, 3.63) is 46.1 Å². The van der Waals surface area contributed by atoms with Crippen LogP contribution in [0.2, 0.25) is 0 Å². The summed E-state index contributed by atoms with van der Waals surface area (Å²) in [4.78, 5) is 5.63. The number of thiazole rings is 1. The number of aromatic nitrogens is 1. The fourth-order valence-electron chi connectivity index (χ4n) is 2.25. The van der Waals surface area contributed by atoms with Gasteiger partial charge in [-0.05, 0) is 26.0 Å². The van der Waals surface area contributed by atoms with Crippen LogP contribution in [0.4, 0.5) is 0 Å². The molecule has 0 saturated heterocycles. The van der Waals surface area contributed by atoms with Gasteiger partial charge >= 0.3 is 0 Å². The van der Waals surface area contributed by atoms with E-state index >= 15 is 0 Å². The maximum atomic E-state index is 5.88. The molecule has 2 aromatic heterocycles. The Bertz CT molecular complexity index is 748. The van der Waals surface area contributed by atoms with E-state index in [1.807, 2.05) is 30.5 Å². The van der Waals surface area contributed by atoms with Crippen LogP contribution in [0.5, 0.6) is 5.75 Å². The number of benzene rings is 1. The Morgan fingerprint density at radius 2 is 2.29 bits per heavy atom. The Labute approximate surface area is 127 Å². The molecule has 0 aliphatic rings. The third-order valence-electron chi connectivity index (χ3n) is 3.37. The van der Waals surface area contributed by atoms with Gasteiger partial charge in [0.15, 0.2) is 11.3 Å². The standard InChI is InChI=1S/C16H18N2O2S/c1-10-8-18-16(21-10)11(2)17-9-13-7-12-5-4-6-14(19-3)15(12)20-13/h4-8,11,17H,9H2,1-3H3. The molecular weight excluding hydrogens is 284 g/mol. The molecule has 0 amide bonds. The van der Waals surface area contributed by atoms with Crippen molar-refractivity contribution in [2.75, 3.05) is 7.11 Å². The second-order valence-electron chi connectivity index (χ2n) is 5.00. The highest BCUT2D eigenvalue weighted by Gasteiger charge is 2.12. The first kappa shape index (κ1) is 14.1. The maximum absolute atomic E-state index is 5.88. The lowest BCUT2D eigenvalue weighted by molar-refractivity contribution is 0.405. The smallest absolute Gasteiger partial charge is 0.176 e. The van der Waals surface area contributed by atoms with Gasteiger partial charge in [-0.3, -0.25) is 0 Å². The fraction of sp³-hybridized carbons (Fsp3) is 0.312. The molecule has 4 nitrogen and oxygen atoms in total. The van der Waals surface area contributed by atoms with E-state index in [0.29, 0.717) is 6.54 Å². The van der Waals surface area contributed by atoms with Gasteiger partial charge in [0.05, 0.1) is 19.7 Å². The molecular formula is C16H18N2O2S. The summed E-state index contributed by atoms with van der Waals surface area (Å²) in [7, 11) is 1.65. The molecule has 0 saturated carbocycles. The fourth-order valence-corrected chi connectivity index (χ4v) is 3.05. The predicted molar refractivity (Wildman–Crippen MR) is 84.9 cm³/mol. The third kappa shape index (κ3) is 2.94. The molecule has 5 heteroatoms. The average Bonchev–Trinajstić information content (AvgIpc) is 3.10.